The van der Waals surface area contributed by atoms with Crippen LogP contribution in [0.1, 0.15) is 61.4 Å². The summed E-state index contributed by atoms with van der Waals surface area (Å²) in [6.45, 7) is 4.34. The highest BCUT2D eigenvalue weighted by atomic mass is 14.9. The van der Waals surface area contributed by atoms with E-state index in [-0.39, 0.29) is 0 Å². The lowest BCUT2D eigenvalue weighted by Gasteiger charge is -2.14. The number of hydrogen-bond donors (Lipinski definition) is 0. The van der Waals surface area contributed by atoms with Crippen LogP contribution in [0.3, 0.4) is 0 Å². The summed E-state index contributed by atoms with van der Waals surface area (Å²) in [7, 11) is 2.13. The van der Waals surface area contributed by atoms with Crippen LogP contribution in [0.2, 0.25) is 0 Å². The van der Waals surface area contributed by atoms with Crippen LogP contribution in [-0.4, -0.2) is 0 Å². The van der Waals surface area contributed by atoms with Crippen LogP contribution in [0.15, 0.2) is 36.4 Å². The van der Waals surface area contributed by atoms with Gasteiger partial charge in [-0.2, -0.15) is 4.57 Å². The average molecular weight is 372 g/mol. The van der Waals surface area contributed by atoms with E-state index in [2.05, 4.69) is 55.8 Å². The first-order chi connectivity index (χ1) is 14.0. The fourth-order valence-corrected chi connectivity index (χ4v) is 5.53. The van der Waals surface area contributed by atoms with E-state index in [1.54, 1.807) is 0 Å². The lowest BCUT2D eigenvalue weighted by atomic mass is 9.92. The second-order valence-electron chi connectivity index (χ2n) is 9.14. The first-order valence-corrected chi connectivity index (χ1v) is 11.1. The second-order valence-corrected chi connectivity index (χ2v) is 9.14. The number of pyridine rings is 1. The van der Waals surface area contributed by atoms with Gasteiger partial charge in [0.15, 0.2) is 5.69 Å². The molecule has 2 aliphatic carbocycles. The summed E-state index contributed by atoms with van der Waals surface area (Å²) in [4.78, 5) is 0. The zero-order chi connectivity index (χ0) is 20.1. The molecule has 0 unspecified atom stereocenters. The molecule has 0 bridgehead atoms. The van der Waals surface area contributed by atoms with Gasteiger partial charge in [0.25, 0.3) is 0 Å². The van der Waals surface area contributed by atoms with E-state index < -0.39 is 0 Å². The van der Waals surface area contributed by atoms with E-state index in [0.29, 0.717) is 6.04 Å². The standard InChI is InChI=1S/C27H32N/c1-18-13-22-9-6-10-23(22)17-26(18)27-25-12-11-21(15-20-7-4-5-8-20)16-24(25)14-19(2)28(27)3/h11-14,16-17,20H,4-10,15H2,1-3H3/q+1/i14D. The van der Waals surface area contributed by atoms with Gasteiger partial charge in [-0.3, -0.25) is 0 Å². The van der Waals surface area contributed by atoms with E-state index in [1.807, 2.05) is 0 Å². The smallest absolute Gasteiger partial charge is 0.198 e. The van der Waals surface area contributed by atoms with Crippen LogP contribution in [0, 0.1) is 19.8 Å². The average Bonchev–Trinajstić information content (AvgIpc) is 3.38. The van der Waals surface area contributed by atoms with Crippen LogP contribution in [0.4, 0.5) is 0 Å². The number of hydrogen-bond acceptors (Lipinski definition) is 0. The maximum atomic E-state index is 8.82. The van der Waals surface area contributed by atoms with Crippen LogP contribution >= 0.6 is 0 Å². The third-order valence-electron chi connectivity index (χ3n) is 7.19. The summed E-state index contributed by atoms with van der Waals surface area (Å²) in [5.41, 5.74) is 9.47. The lowest BCUT2D eigenvalue weighted by molar-refractivity contribution is -0.665. The SMILES string of the molecule is [2H]c1c(C)[n+](C)c(-c2cc3c(cc2C)CCC3)c2ccc(CC3CCCC3)cc12. The Bertz CT molecular complexity index is 1110. The van der Waals surface area contributed by atoms with Crippen LogP contribution in [0.5, 0.6) is 0 Å². The molecule has 0 radical (unpaired) electrons. The molecular formula is C27H32N+. The molecular weight excluding hydrogens is 338 g/mol. The number of aromatic nitrogens is 1. The molecule has 28 heavy (non-hydrogen) atoms. The van der Waals surface area contributed by atoms with Crippen molar-refractivity contribution in [1.29, 1.82) is 0 Å². The zero-order valence-electron chi connectivity index (χ0n) is 18.6. The largest absolute Gasteiger partial charge is 0.220 e. The Hall–Kier alpha value is -2.15. The van der Waals surface area contributed by atoms with Gasteiger partial charge in [-0.1, -0.05) is 43.9 Å². The maximum absolute atomic E-state index is 8.82. The Balaban J connectivity index is 1.69. The van der Waals surface area contributed by atoms with Crippen molar-refractivity contribution < 1.29 is 5.94 Å². The molecule has 0 aliphatic heterocycles. The van der Waals surface area contributed by atoms with Gasteiger partial charge in [0.2, 0.25) is 5.69 Å². The predicted molar refractivity (Wildman–Crippen MR) is 118 cm³/mol. The fraction of sp³-hybridized carbons (Fsp3) is 0.444. The maximum Gasteiger partial charge on any atom is 0.220 e. The van der Waals surface area contributed by atoms with Crippen molar-refractivity contribution in [3.8, 4) is 11.3 Å². The van der Waals surface area contributed by atoms with Crippen LogP contribution < -0.4 is 4.57 Å². The fourth-order valence-electron chi connectivity index (χ4n) is 5.53. The van der Waals surface area contributed by atoms with Crippen LogP contribution in [-0.2, 0) is 26.3 Å². The molecule has 1 fully saturated rings. The predicted octanol–water partition coefficient (Wildman–Crippen LogP) is 6.17. The van der Waals surface area contributed by atoms with Gasteiger partial charge in [0.05, 0.1) is 12.3 Å². The minimum Gasteiger partial charge on any atom is -0.198 e. The lowest BCUT2D eigenvalue weighted by Crippen LogP contribution is -2.35. The zero-order valence-corrected chi connectivity index (χ0v) is 17.6. The van der Waals surface area contributed by atoms with Gasteiger partial charge in [-0.05, 0) is 78.3 Å². The highest BCUT2D eigenvalue weighted by Crippen LogP contribution is 2.35. The van der Waals surface area contributed by atoms with Crippen molar-refractivity contribution in [1.82, 2.24) is 0 Å². The summed E-state index contributed by atoms with van der Waals surface area (Å²) >= 11 is 0. The Labute approximate surface area is 170 Å². The Morgan fingerprint density at radius 1 is 1.00 bits per heavy atom. The summed E-state index contributed by atoms with van der Waals surface area (Å²) in [6, 6.07) is 12.4. The Kier molecular flexibility index (Phi) is 4.21. The van der Waals surface area contributed by atoms with Gasteiger partial charge in [0.1, 0.15) is 7.05 Å². The molecule has 1 nitrogen and oxygen atoms in total. The summed E-state index contributed by atoms with van der Waals surface area (Å²) < 4.78 is 11.1. The highest BCUT2D eigenvalue weighted by Gasteiger charge is 2.23. The van der Waals surface area contributed by atoms with E-state index in [0.717, 1.165) is 17.0 Å². The normalized spacial score (nSPS) is 17.3. The molecule has 0 amide bonds. The molecule has 3 aromatic rings. The molecule has 5 rings (SSSR count). The molecule has 0 spiro atoms. The monoisotopic (exact) mass is 371 g/mol. The molecule has 0 N–H and O–H groups in total. The van der Waals surface area contributed by atoms with E-state index >= 15 is 0 Å². The molecule has 144 valence electrons. The van der Waals surface area contributed by atoms with E-state index in [9.17, 15) is 0 Å². The van der Waals surface area contributed by atoms with E-state index in [1.165, 1.54) is 90.3 Å². The third-order valence-corrected chi connectivity index (χ3v) is 7.19. The first kappa shape index (κ1) is 16.8. The van der Waals surface area contributed by atoms with Gasteiger partial charge in [-0.15, -0.1) is 0 Å². The molecule has 0 atom stereocenters. The number of nitrogens with zero attached hydrogens (tertiary/aromatic N) is 1. The van der Waals surface area contributed by atoms with Crippen molar-refractivity contribution >= 4 is 10.8 Å². The van der Waals surface area contributed by atoms with Crippen molar-refractivity contribution in [3.05, 3.63) is 64.3 Å². The molecule has 1 heterocycles. The number of benzene rings is 2. The highest BCUT2D eigenvalue weighted by molar-refractivity contribution is 5.94. The first-order valence-electron chi connectivity index (χ1n) is 11.6. The van der Waals surface area contributed by atoms with Crippen molar-refractivity contribution in [2.24, 2.45) is 13.0 Å². The third kappa shape index (κ3) is 3.05. The number of fused-ring (bicyclic) bond motifs is 2. The topological polar surface area (TPSA) is 3.88 Å². The summed E-state index contributed by atoms with van der Waals surface area (Å²) in [6.07, 6.45) is 10.4. The Morgan fingerprint density at radius 3 is 2.54 bits per heavy atom. The number of rotatable bonds is 3. The molecule has 1 heteroatoms. The van der Waals surface area contributed by atoms with Gasteiger partial charge < -0.3 is 0 Å². The van der Waals surface area contributed by atoms with Gasteiger partial charge in [-0.25, -0.2) is 0 Å². The Morgan fingerprint density at radius 2 is 1.75 bits per heavy atom. The molecule has 0 saturated heterocycles. The molecule has 1 saturated carbocycles. The molecule has 1 aromatic heterocycles. The number of aryl methyl sites for hydroxylation is 3. The van der Waals surface area contributed by atoms with Crippen molar-refractivity contribution in [3.63, 3.8) is 0 Å². The van der Waals surface area contributed by atoms with Crippen molar-refractivity contribution in [2.75, 3.05) is 0 Å². The summed E-state index contributed by atoms with van der Waals surface area (Å²) in [5.74, 6) is 0.834. The molecule has 2 aromatic carbocycles. The second kappa shape index (κ2) is 7.03. The van der Waals surface area contributed by atoms with Crippen LogP contribution in [0.25, 0.3) is 22.0 Å². The summed E-state index contributed by atoms with van der Waals surface area (Å²) in [5, 5.41) is 2.34. The van der Waals surface area contributed by atoms with Crippen molar-refractivity contribution in [2.45, 2.75) is 65.2 Å². The van der Waals surface area contributed by atoms with Gasteiger partial charge in [0, 0.05) is 13.0 Å². The van der Waals surface area contributed by atoms with Gasteiger partial charge >= 0.3 is 0 Å². The minimum atomic E-state index is 0.679. The minimum absolute atomic E-state index is 0.679. The molecule has 2 aliphatic rings. The quantitative estimate of drug-likeness (QED) is 0.485. The van der Waals surface area contributed by atoms with E-state index in [4.69, 9.17) is 1.37 Å².